The Hall–Kier alpha value is -3.34. The molecule has 2 aliphatic rings. The minimum Gasteiger partial charge on any atom is -0.394 e. The molecular weight excluding hydrogens is 660 g/mol. The first-order valence-electron chi connectivity index (χ1n) is 14.2. The van der Waals surface area contributed by atoms with E-state index < -0.39 is 66.8 Å². The largest absolute Gasteiger partial charge is 0.394 e. The van der Waals surface area contributed by atoms with Crippen LogP contribution in [-0.2, 0) is 19.1 Å². The van der Waals surface area contributed by atoms with Gasteiger partial charge in [-0.1, -0.05) is 21.1 Å². The number of ether oxygens (including phenoxy) is 2. The van der Waals surface area contributed by atoms with E-state index in [0.29, 0.717) is 10.2 Å². The van der Waals surface area contributed by atoms with E-state index in [1.807, 2.05) is 13.0 Å². The first kappa shape index (κ1) is 33.0. The minimum atomic E-state index is -1.45. The van der Waals surface area contributed by atoms with Crippen LogP contribution in [0.25, 0.3) is 11.3 Å². The van der Waals surface area contributed by atoms with Gasteiger partial charge in [0.2, 0.25) is 5.91 Å². The van der Waals surface area contributed by atoms with Crippen LogP contribution in [0.2, 0.25) is 0 Å². The lowest BCUT2D eigenvalue weighted by Crippen LogP contribution is -2.63. The number of anilines is 1. The van der Waals surface area contributed by atoms with E-state index in [0.717, 1.165) is 17.7 Å². The fourth-order valence-electron chi connectivity index (χ4n) is 5.96. The van der Waals surface area contributed by atoms with Crippen molar-refractivity contribution in [2.24, 2.45) is 0 Å². The van der Waals surface area contributed by atoms with Crippen molar-refractivity contribution in [2.45, 2.75) is 63.4 Å². The van der Waals surface area contributed by atoms with Crippen LogP contribution in [0.3, 0.4) is 0 Å². The van der Waals surface area contributed by atoms with Crippen LogP contribution in [-0.4, -0.2) is 110 Å². The first-order chi connectivity index (χ1) is 21.3. The fraction of sp³-hybridized carbons (Fsp3) is 0.467. The number of aliphatic hydroxyl groups is 3. The van der Waals surface area contributed by atoms with Crippen molar-refractivity contribution in [3.8, 4) is 11.3 Å². The molecular formula is C30H34BrF2N5O7. The zero-order chi connectivity index (χ0) is 32.7. The molecule has 5 rings (SSSR count). The zero-order valence-corrected chi connectivity index (χ0v) is 26.6. The summed E-state index contributed by atoms with van der Waals surface area (Å²) in [6.45, 7) is 3.90. The highest BCUT2D eigenvalue weighted by molar-refractivity contribution is 9.10. The van der Waals surface area contributed by atoms with Gasteiger partial charge < -0.3 is 34.6 Å². The van der Waals surface area contributed by atoms with Crippen LogP contribution in [0.1, 0.15) is 24.1 Å². The van der Waals surface area contributed by atoms with Crippen molar-refractivity contribution < 1.29 is 43.2 Å². The van der Waals surface area contributed by atoms with Crippen LogP contribution in [0.15, 0.2) is 41.0 Å². The Kier molecular flexibility index (Phi) is 9.68. The lowest BCUT2D eigenvalue weighted by molar-refractivity contribution is -0.211. The number of halogens is 3. The quantitative estimate of drug-likeness (QED) is 0.337. The topological polar surface area (TPSA) is 150 Å². The molecule has 0 aliphatic carbocycles. The Morgan fingerprint density at radius 2 is 1.82 bits per heavy atom. The van der Waals surface area contributed by atoms with Gasteiger partial charge in [-0.2, -0.15) is 0 Å². The number of carbonyl (C=O) groups excluding carboxylic acids is 2. The molecule has 2 fully saturated rings. The monoisotopic (exact) mass is 693 g/mol. The SMILES string of the molecule is CO[C@@H]1[C@@H](n2cc(-c3cc(F)c(C)c(F)c3)nn2)[C@@H](O)[C@@H](CO)O[C@H]1C(=O)N(c1cc(C)cc(Br)c1)[C@@H]1CN(C(C)=O)C[C@H]1O. The van der Waals surface area contributed by atoms with Crippen LogP contribution in [0, 0.1) is 25.5 Å². The zero-order valence-electron chi connectivity index (χ0n) is 25.0. The molecule has 45 heavy (non-hydrogen) atoms. The molecule has 2 aromatic carbocycles. The molecule has 0 radical (unpaired) electrons. The summed E-state index contributed by atoms with van der Waals surface area (Å²) >= 11 is 3.46. The average Bonchev–Trinajstić information content (AvgIpc) is 3.62. The number of aromatic nitrogens is 3. The summed E-state index contributed by atoms with van der Waals surface area (Å²) in [4.78, 5) is 29.6. The van der Waals surface area contributed by atoms with Crippen LogP contribution in [0.5, 0.6) is 0 Å². The second kappa shape index (κ2) is 13.2. The molecule has 1 aromatic heterocycles. The highest BCUT2D eigenvalue weighted by Gasteiger charge is 2.52. The van der Waals surface area contributed by atoms with E-state index in [1.54, 1.807) is 12.1 Å². The van der Waals surface area contributed by atoms with E-state index in [1.165, 1.54) is 41.6 Å². The number of hydrogen-bond donors (Lipinski definition) is 3. The predicted molar refractivity (Wildman–Crippen MR) is 160 cm³/mol. The van der Waals surface area contributed by atoms with Crippen molar-refractivity contribution in [1.29, 1.82) is 0 Å². The number of likely N-dealkylation sites (tertiary alicyclic amines) is 1. The summed E-state index contributed by atoms with van der Waals surface area (Å²) in [6.07, 6.45) is -5.12. The maximum atomic E-state index is 14.6. The maximum absolute atomic E-state index is 14.6. The number of aliphatic hydroxyl groups excluding tert-OH is 3. The molecule has 0 saturated carbocycles. The number of β-amino-alcohol motifs (C(OH)–C–C–N with tert-alkyl or cyclic N) is 1. The highest BCUT2D eigenvalue weighted by atomic mass is 79.9. The molecule has 0 bridgehead atoms. The van der Waals surface area contributed by atoms with E-state index in [-0.39, 0.29) is 35.8 Å². The number of rotatable bonds is 7. The maximum Gasteiger partial charge on any atom is 0.259 e. The smallest absolute Gasteiger partial charge is 0.259 e. The number of hydrogen-bond acceptors (Lipinski definition) is 9. The van der Waals surface area contributed by atoms with Crippen LogP contribution < -0.4 is 4.90 Å². The van der Waals surface area contributed by atoms with Gasteiger partial charge in [0.25, 0.3) is 5.91 Å². The molecule has 7 atom stereocenters. The van der Waals surface area contributed by atoms with Crippen molar-refractivity contribution in [3.05, 3.63) is 63.8 Å². The third kappa shape index (κ3) is 6.37. The normalized spacial score (nSPS) is 26.7. The Bertz CT molecular complexity index is 1550. The molecule has 2 saturated heterocycles. The number of nitrogens with zero attached hydrogens (tertiary/aromatic N) is 5. The van der Waals surface area contributed by atoms with E-state index in [2.05, 4.69) is 26.2 Å². The molecule has 3 heterocycles. The molecule has 15 heteroatoms. The standard InChI is InChI=1S/C30H34BrF2N5O7/c1-14-5-18(31)9-19(6-14)38(23-11-36(16(3)40)12-24(23)41)30(43)29-28(44-4)26(27(42)25(13-39)45-29)37-10-22(34-35-37)17-7-20(32)15(2)21(33)8-17/h5-10,23-29,39,41-42H,11-13H2,1-4H3/t23-,24-,25-,26+,27+,28-,29-/m1/s1. The van der Waals surface area contributed by atoms with Gasteiger partial charge in [0.15, 0.2) is 6.10 Å². The highest BCUT2D eigenvalue weighted by Crippen LogP contribution is 2.36. The Morgan fingerprint density at radius 1 is 1.13 bits per heavy atom. The molecule has 2 aliphatic heterocycles. The Labute approximate surface area is 266 Å². The van der Waals surface area contributed by atoms with Crippen LogP contribution in [0.4, 0.5) is 14.5 Å². The Morgan fingerprint density at radius 3 is 2.40 bits per heavy atom. The van der Waals surface area contributed by atoms with Gasteiger partial charge in [-0.3, -0.25) is 9.59 Å². The molecule has 0 spiro atoms. The van der Waals surface area contributed by atoms with Gasteiger partial charge in [-0.05, 0) is 49.7 Å². The summed E-state index contributed by atoms with van der Waals surface area (Å²) in [5, 5.41) is 40.6. The first-order valence-corrected chi connectivity index (χ1v) is 15.0. The summed E-state index contributed by atoms with van der Waals surface area (Å²) < 4.78 is 42.2. The number of carbonyl (C=O) groups is 2. The lowest BCUT2D eigenvalue weighted by Gasteiger charge is -2.45. The van der Waals surface area contributed by atoms with Gasteiger partial charge in [0.05, 0.1) is 24.9 Å². The second-order valence-electron chi connectivity index (χ2n) is 11.4. The van der Waals surface area contributed by atoms with E-state index in [4.69, 9.17) is 9.47 Å². The van der Waals surface area contributed by atoms with E-state index >= 15 is 0 Å². The number of methoxy groups -OCH3 is 1. The number of amides is 2. The molecule has 2 amide bonds. The van der Waals surface area contributed by atoms with Gasteiger partial charge in [0.1, 0.15) is 41.7 Å². The summed E-state index contributed by atoms with van der Waals surface area (Å²) in [6, 6.07) is 5.49. The lowest BCUT2D eigenvalue weighted by atomic mass is 9.91. The molecule has 0 unspecified atom stereocenters. The summed E-state index contributed by atoms with van der Waals surface area (Å²) in [7, 11) is 1.31. The molecule has 3 aromatic rings. The van der Waals surface area contributed by atoms with Crippen molar-refractivity contribution in [1.82, 2.24) is 19.9 Å². The van der Waals surface area contributed by atoms with Crippen molar-refractivity contribution in [2.75, 3.05) is 31.7 Å². The summed E-state index contributed by atoms with van der Waals surface area (Å²) in [5.41, 5.74) is 1.26. The number of aryl methyl sites for hydroxylation is 1. The third-order valence-corrected chi connectivity index (χ3v) is 8.81. The average molecular weight is 695 g/mol. The fourth-order valence-corrected chi connectivity index (χ4v) is 6.56. The van der Waals surface area contributed by atoms with Crippen molar-refractivity contribution in [3.63, 3.8) is 0 Å². The van der Waals surface area contributed by atoms with Crippen molar-refractivity contribution >= 4 is 33.4 Å². The third-order valence-electron chi connectivity index (χ3n) is 8.35. The minimum absolute atomic E-state index is 0.0124. The van der Waals surface area contributed by atoms with Crippen LogP contribution >= 0.6 is 15.9 Å². The van der Waals surface area contributed by atoms with Gasteiger partial charge in [-0.25, -0.2) is 13.5 Å². The molecule has 3 N–H and O–H groups in total. The molecule has 12 nitrogen and oxygen atoms in total. The molecule has 242 valence electrons. The van der Waals surface area contributed by atoms with E-state index in [9.17, 15) is 33.7 Å². The Balaban J connectivity index is 1.56. The summed E-state index contributed by atoms with van der Waals surface area (Å²) in [5.74, 6) is -2.47. The van der Waals surface area contributed by atoms with Gasteiger partial charge in [0, 0.05) is 48.4 Å². The number of benzene rings is 2. The van der Waals surface area contributed by atoms with Gasteiger partial charge >= 0.3 is 0 Å². The van der Waals surface area contributed by atoms with Gasteiger partial charge in [-0.15, -0.1) is 5.10 Å². The predicted octanol–water partition coefficient (Wildman–Crippen LogP) is 1.90. The second-order valence-corrected chi connectivity index (χ2v) is 12.3.